The number of rotatable bonds is 10. The van der Waals surface area contributed by atoms with Crippen LogP contribution in [0.4, 0.5) is 0 Å². The molecule has 0 spiro atoms. The molecule has 0 aliphatic heterocycles. The summed E-state index contributed by atoms with van der Waals surface area (Å²) in [5, 5.41) is 12.4. The van der Waals surface area contributed by atoms with Crippen LogP contribution >= 0.6 is 11.3 Å². The predicted octanol–water partition coefficient (Wildman–Crippen LogP) is 6.84. The first kappa shape index (κ1) is 21.6. The van der Waals surface area contributed by atoms with Crippen molar-refractivity contribution >= 4 is 23.0 Å². The molecule has 0 unspecified atom stereocenters. The van der Waals surface area contributed by atoms with Crippen LogP contribution in [0.2, 0.25) is 0 Å². The number of allylic oxidation sites excluding steroid dienone is 1. The molecule has 2 aromatic carbocycles. The summed E-state index contributed by atoms with van der Waals surface area (Å²) >= 11 is 1.47. The maximum absolute atomic E-state index is 9.68. The zero-order chi connectivity index (χ0) is 21.2. The zero-order valence-corrected chi connectivity index (χ0v) is 18.2. The Morgan fingerprint density at radius 2 is 1.93 bits per heavy atom. The van der Waals surface area contributed by atoms with Crippen LogP contribution in [0.5, 0.6) is 11.5 Å². The summed E-state index contributed by atoms with van der Waals surface area (Å²) in [6.45, 7) is 2.87. The van der Waals surface area contributed by atoms with E-state index in [2.05, 4.69) is 18.0 Å². The van der Waals surface area contributed by atoms with Crippen LogP contribution in [-0.4, -0.2) is 18.7 Å². The van der Waals surface area contributed by atoms with E-state index in [1.807, 2.05) is 60.0 Å². The monoisotopic (exact) mass is 418 g/mol. The van der Waals surface area contributed by atoms with E-state index in [0.717, 1.165) is 29.0 Å². The van der Waals surface area contributed by atoms with Crippen molar-refractivity contribution in [2.24, 2.45) is 0 Å². The number of methoxy groups -OCH3 is 1. The fraction of sp³-hybridized carbons (Fsp3) is 0.280. The quantitative estimate of drug-likeness (QED) is 0.267. The molecule has 0 fully saturated rings. The molecule has 0 aliphatic carbocycles. The van der Waals surface area contributed by atoms with Gasteiger partial charge in [0, 0.05) is 10.9 Å². The van der Waals surface area contributed by atoms with Gasteiger partial charge in [0.1, 0.15) is 11.1 Å². The number of unbranched alkanes of at least 4 members (excludes halogenated alkanes) is 3. The third kappa shape index (κ3) is 5.71. The minimum absolute atomic E-state index is 0.525. The van der Waals surface area contributed by atoms with Gasteiger partial charge in [-0.05, 0) is 30.2 Å². The van der Waals surface area contributed by atoms with Gasteiger partial charge in [0.15, 0.2) is 11.5 Å². The molecule has 0 N–H and O–H groups in total. The second-order valence-corrected chi connectivity index (χ2v) is 7.75. The fourth-order valence-corrected chi connectivity index (χ4v) is 3.85. The maximum Gasteiger partial charge on any atom is 0.161 e. The molecule has 3 rings (SSSR count). The Bertz CT molecular complexity index is 1020. The van der Waals surface area contributed by atoms with Gasteiger partial charge in [0.25, 0.3) is 0 Å². The van der Waals surface area contributed by atoms with E-state index in [4.69, 9.17) is 9.47 Å². The maximum atomic E-state index is 9.68. The lowest BCUT2D eigenvalue weighted by atomic mass is 10.1. The highest BCUT2D eigenvalue weighted by atomic mass is 32.1. The Kier molecular flexibility index (Phi) is 8.05. The van der Waals surface area contributed by atoms with E-state index in [1.165, 1.54) is 30.6 Å². The van der Waals surface area contributed by atoms with Gasteiger partial charge in [-0.25, -0.2) is 4.98 Å². The molecule has 0 aliphatic rings. The van der Waals surface area contributed by atoms with Crippen LogP contribution < -0.4 is 9.47 Å². The molecule has 0 atom stereocenters. The van der Waals surface area contributed by atoms with E-state index < -0.39 is 0 Å². The number of hydrogen-bond acceptors (Lipinski definition) is 5. The minimum atomic E-state index is 0.525. The highest BCUT2D eigenvalue weighted by molar-refractivity contribution is 7.11. The summed E-state index contributed by atoms with van der Waals surface area (Å²) in [4.78, 5) is 4.64. The van der Waals surface area contributed by atoms with Crippen LogP contribution in [-0.2, 0) is 0 Å². The molecule has 4 nitrogen and oxygen atoms in total. The number of aromatic nitrogens is 1. The first-order valence-corrected chi connectivity index (χ1v) is 11.1. The summed E-state index contributed by atoms with van der Waals surface area (Å²) < 4.78 is 11.4. The van der Waals surface area contributed by atoms with Gasteiger partial charge >= 0.3 is 0 Å². The van der Waals surface area contributed by atoms with Crippen molar-refractivity contribution in [2.45, 2.75) is 32.6 Å². The van der Waals surface area contributed by atoms with Crippen molar-refractivity contribution in [3.63, 3.8) is 0 Å². The SMILES string of the molecule is CCCCCCOc1ccc(/C=C(/C#N)c2nc(-c3ccccc3)cs2)cc1OC. The molecule has 0 saturated heterocycles. The van der Waals surface area contributed by atoms with Crippen LogP contribution in [0, 0.1) is 11.3 Å². The van der Waals surface area contributed by atoms with Crippen LogP contribution in [0.3, 0.4) is 0 Å². The fourth-order valence-electron chi connectivity index (χ4n) is 3.05. The molecular weight excluding hydrogens is 392 g/mol. The summed E-state index contributed by atoms with van der Waals surface area (Å²) in [6, 6.07) is 18.0. The van der Waals surface area contributed by atoms with Crippen molar-refractivity contribution in [2.75, 3.05) is 13.7 Å². The highest BCUT2D eigenvalue weighted by Crippen LogP contribution is 2.31. The lowest BCUT2D eigenvalue weighted by Crippen LogP contribution is -1.99. The smallest absolute Gasteiger partial charge is 0.161 e. The topological polar surface area (TPSA) is 55.1 Å². The standard InChI is InChI=1S/C25H26N2O2S/c1-3-4-5-9-14-29-23-13-12-19(16-24(23)28-2)15-21(17-26)25-27-22(18-30-25)20-10-7-6-8-11-20/h6-8,10-13,15-16,18H,3-5,9,14H2,1-2H3/b21-15-. The van der Waals surface area contributed by atoms with Crippen LogP contribution in [0.15, 0.2) is 53.9 Å². The molecule has 154 valence electrons. The van der Waals surface area contributed by atoms with Gasteiger partial charge in [-0.15, -0.1) is 11.3 Å². The molecular formula is C25H26N2O2S. The van der Waals surface area contributed by atoms with E-state index >= 15 is 0 Å². The molecule has 0 bridgehead atoms. The number of hydrogen-bond donors (Lipinski definition) is 0. The summed E-state index contributed by atoms with van der Waals surface area (Å²) in [5.74, 6) is 1.39. The number of nitriles is 1. The van der Waals surface area contributed by atoms with Crippen LogP contribution in [0.1, 0.15) is 43.2 Å². The van der Waals surface area contributed by atoms with Crippen molar-refractivity contribution in [1.29, 1.82) is 5.26 Å². The average molecular weight is 419 g/mol. The molecule has 5 heteroatoms. The number of benzene rings is 2. The molecule has 1 aromatic heterocycles. The van der Waals surface area contributed by atoms with Gasteiger partial charge in [0.05, 0.1) is 25.0 Å². The zero-order valence-electron chi connectivity index (χ0n) is 17.4. The highest BCUT2D eigenvalue weighted by Gasteiger charge is 2.10. The molecule has 3 aromatic rings. The second-order valence-electron chi connectivity index (χ2n) is 6.89. The number of nitrogens with zero attached hydrogens (tertiary/aromatic N) is 2. The first-order valence-electron chi connectivity index (χ1n) is 10.2. The molecule has 0 amide bonds. The Hall–Kier alpha value is -3.10. The lowest BCUT2D eigenvalue weighted by molar-refractivity contribution is 0.285. The first-order chi connectivity index (χ1) is 14.7. The molecule has 0 radical (unpaired) electrons. The predicted molar refractivity (Wildman–Crippen MR) is 124 cm³/mol. The van der Waals surface area contributed by atoms with E-state index in [-0.39, 0.29) is 0 Å². The van der Waals surface area contributed by atoms with Crippen molar-refractivity contribution in [1.82, 2.24) is 4.98 Å². The third-order valence-electron chi connectivity index (χ3n) is 4.68. The summed E-state index contributed by atoms with van der Waals surface area (Å²) in [7, 11) is 1.63. The van der Waals surface area contributed by atoms with Crippen molar-refractivity contribution < 1.29 is 9.47 Å². The molecule has 30 heavy (non-hydrogen) atoms. The summed E-state index contributed by atoms with van der Waals surface area (Å²) in [5.41, 5.74) is 3.32. The van der Waals surface area contributed by atoms with Gasteiger partial charge < -0.3 is 9.47 Å². The van der Waals surface area contributed by atoms with Crippen molar-refractivity contribution in [3.05, 3.63) is 64.5 Å². The average Bonchev–Trinajstić information content (AvgIpc) is 3.28. The normalized spacial score (nSPS) is 11.2. The summed E-state index contributed by atoms with van der Waals surface area (Å²) in [6.07, 6.45) is 6.47. The van der Waals surface area contributed by atoms with Gasteiger partial charge in [-0.1, -0.05) is 62.6 Å². The Labute approximate surface area is 182 Å². The van der Waals surface area contributed by atoms with E-state index in [1.54, 1.807) is 7.11 Å². The second kappa shape index (κ2) is 11.2. The number of ether oxygens (including phenoxy) is 2. The van der Waals surface area contributed by atoms with Gasteiger partial charge in [-0.3, -0.25) is 0 Å². The third-order valence-corrected chi connectivity index (χ3v) is 5.55. The minimum Gasteiger partial charge on any atom is -0.493 e. The lowest BCUT2D eigenvalue weighted by Gasteiger charge is -2.11. The Morgan fingerprint density at radius 1 is 1.10 bits per heavy atom. The Morgan fingerprint density at radius 3 is 2.67 bits per heavy atom. The van der Waals surface area contributed by atoms with Crippen LogP contribution in [0.25, 0.3) is 22.9 Å². The van der Waals surface area contributed by atoms with E-state index in [9.17, 15) is 5.26 Å². The molecule has 1 heterocycles. The number of thiazole rings is 1. The van der Waals surface area contributed by atoms with Crippen molar-refractivity contribution in [3.8, 4) is 28.8 Å². The Balaban J connectivity index is 1.76. The van der Waals surface area contributed by atoms with Gasteiger partial charge in [0.2, 0.25) is 0 Å². The largest absolute Gasteiger partial charge is 0.493 e. The molecule has 0 saturated carbocycles. The van der Waals surface area contributed by atoms with Gasteiger partial charge in [-0.2, -0.15) is 5.26 Å². The van der Waals surface area contributed by atoms with E-state index in [0.29, 0.717) is 22.9 Å².